The first kappa shape index (κ1) is 16.4. The number of rotatable bonds is 5. The first-order chi connectivity index (χ1) is 12.2. The summed E-state index contributed by atoms with van der Waals surface area (Å²) in [5, 5.41) is 3.52. The van der Waals surface area contributed by atoms with Crippen LogP contribution in [0, 0.1) is 6.92 Å². The molecular weight excluding hydrogens is 318 g/mol. The van der Waals surface area contributed by atoms with E-state index in [0.717, 1.165) is 36.7 Å². The van der Waals surface area contributed by atoms with Crippen molar-refractivity contribution >= 4 is 0 Å². The summed E-state index contributed by atoms with van der Waals surface area (Å²) < 4.78 is 16.6. The number of fused-ring (bicyclic) bond motifs is 2. The molecule has 2 saturated heterocycles. The van der Waals surface area contributed by atoms with Gasteiger partial charge in [0.05, 0.1) is 19.9 Å². The van der Waals surface area contributed by atoms with Gasteiger partial charge in [-0.25, -0.2) is 4.98 Å². The third-order valence-corrected chi connectivity index (χ3v) is 5.39. The molecule has 0 spiro atoms. The molecule has 134 valence electrons. The molecule has 0 unspecified atom stereocenters. The monoisotopic (exact) mass is 343 g/mol. The van der Waals surface area contributed by atoms with Crippen molar-refractivity contribution < 1.29 is 13.9 Å². The number of aromatic nitrogens is 1. The maximum Gasteiger partial charge on any atom is 0.226 e. The molecule has 0 aliphatic carbocycles. The Labute approximate surface area is 148 Å². The largest absolute Gasteiger partial charge is 0.493 e. The second-order valence-corrected chi connectivity index (χ2v) is 6.81. The van der Waals surface area contributed by atoms with Crippen LogP contribution >= 0.6 is 0 Å². The van der Waals surface area contributed by atoms with Crippen LogP contribution in [-0.2, 0) is 6.54 Å². The van der Waals surface area contributed by atoms with Crippen LogP contribution in [0.2, 0.25) is 0 Å². The molecule has 6 heteroatoms. The van der Waals surface area contributed by atoms with E-state index in [4.69, 9.17) is 18.9 Å². The molecule has 4 rings (SSSR count). The Balaban J connectivity index is 1.58. The van der Waals surface area contributed by atoms with Crippen LogP contribution in [-0.4, -0.2) is 49.3 Å². The van der Waals surface area contributed by atoms with Gasteiger partial charge in [0.2, 0.25) is 5.89 Å². The maximum absolute atomic E-state index is 5.96. The molecule has 2 aliphatic heterocycles. The lowest BCUT2D eigenvalue weighted by atomic mass is 10.2. The first-order valence-corrected chi connectivity index (χ1v) is 8.84. The van der Waals surface area contributed by atoms with Crippen molar-refractivity contribution in [1.82, 2.24) is 15.2 Å². The quantitative estimate of drug-likeness (QED) is 0.900. The molecule has 0 saturated carbocycles. The Morgan fingerprint density at radius 1 is 1.16 bits per heavy atom. The van der Waals surface area contributed by atoms with E-state index in [1.807, 2.05) is 25.1 Å². The number of benzene rings is 1. The Bertz CT molecular complexity index is 742. The number of nitrogens with one attached hydrogen (secondary N) is 1. The molecule has 3 heterocycles. The molecule has 6 nitrogen and oxygen atoms in total. The summed E-state index contributed by atoms with van der Waals surface area (Å²) in [6.07, 6.45) is 2.55. The minimum atomic E-state index is 0.624. The number of nitrogens with zero attached hydrogens (tertiary/aromatic N) is 2. The van der Waals surface area contributed by atoms with Crippen LogP contribution in [0.15, 0.2) is 22.6 Å². The molecule has 25 heavy (non-hydrogen) atoms. The van der Waals surface area contributed by atoms with Crippen LogP contribution in [0.5, 0.6) is 11.5 Å². The molecule has 2 aliphatic rings. The van der Waals surface area contributed by atoms with Gasteiger partial charge in [-0.1, -0.05) is 0 Å². The highest BCUT2D eigenvalue weighted by Gasteiger charge is 2.37. The molecule has 0 amide bonds. The summed E-state index contributed by atoms with van der Waals surface area (Å²) in [7, 11) is 3.26. The van der Waals surface area contributed by atoms with Crippen LogP contribution < -0.4 is 14.8 Å². The molecule has 1 N–H and O–H groups in total. The summed E-state index contributed by atoms with van der Waals surface area (Å²) in [6, 6.07) is 6.98. The molecule has 1 aromatic carbocycles. The van der Waals surface area contributed by atoms with Gasteiger partial charge in [0.15, 0.2) is 11.5 Å². The third kappa shape index (κ3) is 3.00. The SMILES string of the molecule is COc1ccc(-c2nc(CN3[C@@H]4CC[C@H]3CNC4)c(C)o2)cc1OC. The van der Waals surface area contributed by atoms with Gasteiger partial charge in [0, 0.05) is 37.3 Å². The summed E-state index contributed by atoms with van der Waals surface area (Å²) in [6.45, 7) is 5.02. The highest BCUT2D eigenvalue weighted by Crippen LogP contribution is 2.34. The third-order valence-electron chi connectivity index (χ3n) is 5.39. The van der Waals surface area contributed by atoms with Crippen LogP contribution in [0.3, 0.4) is 0 Å². The van der Waals surface area contributed by atoms with Gasteiger partial charge < -0.3 is 19.2 Å². The van der Waals surface area contributed by atoms with Crippen LogP contribution in [0.4, 0.5) is 0 Å². The summed E-state index contributed by atoms with van der Waals surface area (Å²) >= 11 is 0. The fourth-order valence-electron chi connectivity index (χ4n) is 3.97. The fourth-order valence-corrected chi connectivity index (χ4v) is 3.97. The first-order valence-electron chi connectivity index (χ1n) is 8.84. The van der Waals surface area contributed by atoms with Gasteiger partial charge in [-0.3, -0.25) is 4.90 Å². The molecule has 2 aromatic rings. The maximum atomic E-state index is 5.96. The minimum Gasteiger partial charge on any atom is -0.493 e. The van der Waals surface area contributed by atoms with Gasteiger partial charge in [-0.15, -0.1) is 0 Å². The van der Waals surface area contributed by atoms with E-state index in [2.05, 4.69) is 10.2 Å². The topological polar surface area (TPSA) is 59.8 Å². The van der Waals surface area contributed by atoms with Crippen LogP contribution in [0.1, 0.15) is 24.3 Å². The number of hydrogen-bond acceptors (Lipinski definition) is 6. The predicted molar refractivity (Wildman–Crippen MR) is 95.0 cm³/mol. The van der Waals surface area contributed by atoms with Crippen molar-refractivity contribution in [2.24, 2.45) is 0 Å². The predicted octanol–water partition coefficient (Wildman–Crippen LogP) is 2.60. The van der Waals surface area contributed by atoms with E-state index in [1.54, 1.807) is 14.2 Å². The van der Waals surface area contributed by atoms with E-state index in [0.29, 0.717) is 29.5 Å². The Hall–Kier alpha value is -2.05. The second kappa shape index (κ2) is 6.69. The molecule has 0 radical (unpaired) electrons. The van der Waals surface area contributed by atoms with Gasteiger partial charge in [0.25, 0.3) is 0 Å². The van der Waals surface area contributed by atoms with Crippen molar-refractivity contribution in [3.8, 4) is 23.0 Å². The van der Waals surface area contributed by atoms with Crippen molar-refractivity contribution in [1.29, 1.82) is 0 Å². The van der Waals surface area contributed by atoms with E-state index in [-0.39, 0.29) is 0 Å². The Morgan fingerprint density at radius 3 is 2.56 bits per heavy atom. The van der Waals surface area contributed by atoms with Crippen molar-refractivity contribution in [2.45, 2.75) is 38.4 Å². The van der Waals surface area contributed by atoms with Gasteiger partial charge >= 0.3 is 0 Å². The smallest absolute Gasteiger partial charge is 0.226 e. The average Bonchev–Trinajstić information content (AvgIpc) is 3.09. The molecule has 1 aromatic heterocycles. The highest BCUT2D eigenvalue weighted by atomic mass is 16.5. The molecule has 2 fully saturated rings. The molecular formula is C19H25N3O3. The van der Waals surface area contributed by atoms with Gasteiger partial charge in [-0.2, -0.15) is 0 Å². The fraction of sp³-hybridized carbons (Fsp3) is 0.526. The average molecular weight is 343 g/mol. The van der Waals surface area contributed by atoms with Gasteiger partial charge in [0.1, 0.15) is 5.76 Å². The number of aryl methyl sites for hydroxylation is 1. The Morgan fingerprint density at radius 2 is 1.88 bits per heavy atom. The van der Waals surface area contributed by atoms with E-state index >= 15 is 0 Å². The molecule has 2 atom stereocenters. The number of ether oxygens (including phenoxy) is 2. The summed E-state index contributed by atoms with van der Waals surface area (Å²) in [4.78, 5) is 7.36. The van der Waals surface area contributed by atoms with Gasteiger partial charge in [-0.05, 0) is 38.0 Å². The number of piperazine rings is 1. The Kier molecular flexibility index (Phi) is 4.39. The summed E-state index contributed by atoms with van der Waals surface area (Å²) in [5.74, 6) is 2.91. The summed E-state index contributed by atoms with van der Waals surface area (Å²) in [5.41, 5.74) is 1.93. The lowest BCUT2D eigenvalue weighted by Gasteiger charge is -2.34. The van der Waals surface area contributed by atoms with E-state index in [1.165, 1.54) is 12.8 Å². The van der Waals surface area contributed by atoms with E-state index in [9.17, 15) is 0 Å². The number of hydrogen-bond donors (Lipinski definition) is 1. The number of methoxy groups -OCH3 is 2. The van der Waals surface area contributed by atoms with E-state index < -0.39 is 0 Å². The second-order valence-electron chi connectivity index (χ2n) is 6.81. The normalized spacial score (nSPS) is 23.0. The standard InChI is InChI=1S/C19H25N3O3/c1-12-16(11-22-14-5-6-15(22)10-20-9-14)21-19(25-12)13-4-7-17(23-2)18(8-13)24-3/h4,7-8,14-15,20H,5-6,9-11H2,1-3H3/t14-,15+. The molecule has 2 bridgehead atoms. The lowest BCUT2D eigenvalue weighted by Crippen LogP contribution is -2.51. The number of oxazole rings is 1. The van der Waals surface area contributed by atoms with Crippen molar-refractivity contribution in [2.75, 3.05) is 27.3 Å². The zero-order valence-electron chi connectivity index (χ0n) is 15.0. The lowest BCUT2D eigenvalue weighted by molar-refractivity contribution is 0.143. The van der Waals surface area contributed by atoms with Crippen molar-refractivity contribution in [3.05, 3.63) is 29.7 Å². The highest BCUT2D eigenvalue weighted by molar-refractivity contribution is 5.60. The minimum absolute atomic E-state index is 0.624. The van der Waals surface area contributed by atoms with Crippen molar-refractivity contribution in [3.63, 3.8) is 0 Å². The zero-order valence-corrected chi connectivity index (χ0v) is 15.0. The van der Waals surface area contributed by atoms with Crippen LogP contribution in [0.25, 0.3) is 11.5 Å². The zero-order chi connectivity index (χ0) is 17.4.